The quantitative estimate of drug-likeness (QED) is 0.787. The average molecular weight is 235 g/mol. The molecule has 1 fully saturated rings. The first-order valence-corrected chi connectivity index (χ1v) is 6.97. The van der Waals surface area contributed by atoms with E-state index >= 15 is 0 Å². The molecule has 1 aromatic rings. The first-order valence-electron chi connectivity index (χ1n) is 6.97. The van der Waals surface area contributed by atoms with E-state index in [-0.39, 0.29) is 0 Å². The van der Waals surface area contributed by atoms with E-state index in [0.717, 1.165) is 18.9 Å². The normalized spacial score (nSPS) is 17.4. The molecule has 3 heteroatoms. The third-order valence-electron chi connectivity index (χ3n) is 3.72. The molecule has 0 aliphatic heterocycles. The summed E-state index contributed by atoms with van der Waals surface area (Å²) in [7, 11) is 2.00. The van der Waals surface area contributed by atoms with Gasteiger partial charge in [0.1, 0.15) is 0 Å². The van der Waals surface area contributed by atoms with Crippen LogP contribution in [0, 0.1) is 5.92 Å². The van der Waals surface area contributed by atoms with Gasteiger partial charge < -0.3 is 5.32 Å². The maximum absolute atomic E-state index is 4.48. The Kier molecular flexibility index (Phi) is 4.21. The lowest BCUT2D eigenvalue weighted by Gasteiger charge is -2.16. The van der Waals surface area contributed by atoms with E-state index in [1.807, 2.05) is 11.7 Å². The fourth-order valence-corrected chi connectivity index (χ4v) is 2.43. The summed E-state index contributed by atoms with van der Waals surface area (Å²) in [6, 6.07) is 0.687. The molecule has 1 N–H and O–H groups in total. The molecule has 96 valence electrons. The van der Waals surface area contributed by atoms with E-state index in [2.05, 4.69) is 30.5 Å². The Morgan fingerprint density at radius 3 is 2.82 bits per heavy atom. The molecule has 1 heterocycles. The van der Waals surface area contributed by atoms with Crippen LogP contribution in [0.4, 0.5) is 0 Å². The topological polar surface area (TPSA) is 29.9 Å². The molecule has 1 aliphatic rings. The zero-order chi connectivity index (χ0) is 12.3. The van der Waals surface area contributed by atoms with Crippen LogP contribution in [0.1, 0.15) is 50.8 Å². The second kappa shape index (κ2) is 5.67. The molecule has 3 nitrogen and oxygen atoms in total. The van der Waals surface area contributed by atoms with Crippen molar-refractivity contribution in [1.29, 1.82) is 0 Å². The van der Waals surface area contributed by atoms with Crippen molar-refractivity contribution in [3.05, 3.63) is 17.5 Å². The van der Waals surface area contributed by atoms with Crippen LogP contribution in [0.3, 0.4) is 0 Å². The summed E-state index contributed by atoms with van der Waals surface area (Å²) in [6.45, 7) is 5.43. The Hall–Kier alpha value is -0.830. The molecule has 17 heavy (non-hydrogen) atoms. The van der Waals surface area contributed by atoms with Crippen molar-refractivity contribution in [2.24, 2.45) is 13.0 Å². The van der Waals surface area contributed by atoms with Gasteiger partial charge in [-0.05, 0) is 25.2 Å². The minimum atomic E-state index is 0.687. The lowest BCUT2D eigenvalue weighted by Crippen LogP contribution is -2.28. The fourth-order valence-electron chi connectivity index (χ4n) is 2.43. The molecule has 0 bridgehead atoms. The third-order valence-corrected chi connectivity index (χ3v) is 3.72. The molecule has 1 unspecified atom stereocenters. The molecule has 0 aromatic carbocycles. The van der Waals surface area contributed by atoms with Crippen molar-refractivity contribution in [3.8, 4) is 0 Å². The summed E-state index contributed by atoms with van der Waals surface area (Å²) in [6.07, 6.45) is 8.67. The smallest absolute Gasteiger partial charge is 0.0666 e. The van der Waals surface area contributed by atoms with Crippen LogP contribution in [0.25, 0.3) is 0 Å². The maximum Gasteiger partial charge on any atom is 0.0666 e. The van der Waals surface area contributed by atoms with E-state index in [0.29, 0.717) is 6.04 Å². The number of nitrogens with zero attached hydrogens (tertiary/aromatic N) is 2. The van der Waals surface area contributed by atoms with Gasteiger partial charge in [-0.2, -0.15) is 5.10 Å². The predicted molar refractivity (Wildman–Crippen MR) is 70.8 cm³/mol. The molecule has 1 aromatic heterocycles. The van der Waals surface area contributed by atoms with Gasteiger partial charge in [0.25, 0.3) is 0 Å². The van der Waals surface area contributed by atoms with Gasteiger partial charge in [-0.3, -0.25) is 4.68 Å². The second-order valence-corrected chi connectivity index (χ2v) is 5.29. The summed E-state index contributed by atoms with van der Waals surface area (Å²) in [5, 5.41) is 8.17. The number of aryl methyl sites for hydroxylation is 2. The van der Waals surface area contributed by atoms with Gasteiger partial charge in [0, 0.05) is 31.4 Å². The highest BCUT2D eigenvalue weighted by Gasteiger charge is 2.24. The Bertz CT molecular complexity index is 352. The van der Waals surface area contributed by atoms with E-state index in [9.17, 15) is 0 Å². The van der Waals surface area contributed by atoms with Gasteiger partial charge in [0.15, 0.2) is 0 Å². The lowest BCUT2D eigenvalue weighted by molar-refractivity contribution is 0.444. The molecule has 0 saturated heterocycles. The fraction of sp³-hybridized carbons (Fsp3) is 0.786. The summed E-state index contributed by atoms with van der Waals surface area (Å²) in [5.74, 6) is 1.01. The molecule has 0 amide bonds. The molecule has 0 radical (unpaired) electrons. The zero-order valence-electron chi connectivity index (χ0n) is 11.4. The van der Waals surface area contributed by atoms with Gasteiger partial charge in [0.05, 0.1) is 5.69 Å². The van der Waals surface area contributed by atoms with Gasteiger partial charge in [-0.1, -0.05) is 26.7 Å². The Morgan fingerprint density at radius 2 is 2.24 bits per heavy atom. The first-order chi connectivity index (χ1) is 8.22. The Morgan fingerprint density at radius 1 is 1.47 bits per heavy atom. The Labute approximate surface area is 105 Å². The first kappa shape index (κ1) is 12.6. The van der Waals surface area contributed by atoms with Crippen molar-refractivity contribution in [3.63, 3.8) is 0 Å². The number of nitrogens with one attached hydrogen (secondary N) is 1. The van der Waals surface area contributed by atoms with E-state index < -0.39 is 0 Å². The molecular weight excluding hydrogens is 210 g/mol. The monoisotopic (exact) mass is 235 g/mol. The lowest BCUT2D eigenvalue weighted by atomic mass is 10.1. The molecule has 2 rings (SSSR count). The summed E-state index contributed by atoms with van der Waals surface area (Å²) in [4.78, 5) is 0. The highest BCUT2D eigenvalue weighted by molar-refractivity contribution is 5.16. The van der Waals surface area contributed by atoms with Crippen molar-refractivity contribution < 1.29 is 0 Å². The molecule has 1 aliphatic carbocycles. The van der Waals surface area contributed by atoms with Crippen molar-refractivity contribution in [1.82, 2.24) is 15.1 Å². The summed E-state index contributed by atoms with van der Waals surface area (Å²) < 4.78 is 1.93. The summed E-state index contributed by atoms with van der Waals surface area (Å²) >= 11 is 0. The molecular formula is C14H25N3. The molecule has 0 spiro atoms. The van der Waals surface area contributed by atoms with Crippen LogP contribution in [-0.4, -0.2) is 15.8 Å². The van der Waals surface area contributed by atoms with Crippen LogP contribution in [0.2, 0.25) is 0 Å². The van der Waals surface area contributed by atoms with E-state index in [1.54, 1.807) is 0 Å². The van der Waals surface area contributed by atoms with Gasteiger partial charge in [-0.25, -0.2) is 0 Å². The Balaban J connectivity index is 1.85. The highest BCUT2D eigenvalue weighted by atomic mass is 15.3. The van der Waals surface area contributed by atoms with Crippen LogP contribution < -0.4 is 5.32 Å². The van der Waals surface area contributed by atoms with E-state index in [1.165, 1.54) is 36.9 Å². The van der Waals surface area contributed by atoms with Gasteiger partial charge in [-0.15, -0.1) is 0 Å². The summed E-state index contributed by atoms with van der Waals surface area (Å²) in [5.41, 5.74) is 2.60. The number of aromatic nitrogens is 2. The van der Waals surface area contributed by atoms with Crippen LogP contribution >= 0.6 is 0 Å². The minimum Gasteiger partial charge on any atom is -0.310 e. The van der Waals surface area contributed by atoms with Crippen molar-refractivity contribution in [2.45, 2.75) is 58.5 Å². The number of hydrogen-bond donors (Lipinski definition) is 1. The number of rotatable bonds is 7. The minimum absolute atomic E-state index is 0.687. The maximum atomic E-state index is 4.48. The number of hydrogen-bond acceptors (Lipinski definition) is 2. The van der Waals surface area contributed by atoms with Crippen molar-refractivity contribution in [2.75, 3.05) is 0 Å². The predicted octanol–water partition coefficient (Wildman–Crippen LogP) is 2.65. The standard InChI is InChI=1S/C14H25N3/c1-4-13(8-11-6-7-11)15-9-12-10-17(3)16-14(12)5-2/h10-11,13,15H,4-9H2,1-3H3. The highest BCUT2D eigenvalue weighted by Crippen LogP contribution is 2.34. The average Bonchev–Trinajstić information content (AvgIpc) is 3.07. The SMILES string of the molecule is CCc1nn(C)cc1CNC(CC)CC1CC1. The van der Waals surface area contributed by atoms with Gasteiger partial charge in [0.2, 0.25) is 0 Å². The van der Waals surface area contributed by atoms with Gasteiger partial charge >= 0.3 is 0 Å². The molecule has 1 atom stereocenters. The van der Waals surface area contributed by atoms with Crippen molar-refractivity contribution >= 4 is 0 Å². The van der Waals surface area contributed by atoms with E-state index in [4.69, 9.17) is 0 Å². The van der Waals surface area contributed by atoms with Crippen LogP contribution in [0.5, 0.6) is 0 Å². The second-order valence-electron chi connectivity index (χ2n) is 5.29. The third kappa shape index (κ3) is 3.56. The molecule has 1 saturated carbocycles. The van der Waals surface area contributed by atoms with Crippen LogP contribution in [-0.2, 0) is 20.0 Å². The largest absolute Gasteiger partial charge is 0.310 e. The zero-order valence-corrected chi connectivity index (χ0v) is 11.4. The van der Waals surface area contributed by atoms with Crippen LogP contribution in [0.15, 0.2) is 6.20 Å².